The van der Waals surface area contributed by atoms with Crippen LogP contribution in [0.2, 0.25) is 5.02 Å². The van der Waals surface area contributed by atoms with Crippen LogP contribution in [-0.2, 0) is 9.59 Å². The maximum atomic E-state index is 12.9. The zero-order valence-electron chi connectivity index (χ0n) is 17.4. The second-order valence-electron chi connectivity index (χ2n) is 6.90. The first-order valence-corrected chi connectivity index (χ1v) is 10.9. The molecule has 3 rings (SSSR count). The number of rotatable bonds is 6. The lowest BCUT2D eigenvalue weighted by Gasteiger charge is -2.14. The van der Waals surface area contributed by atoms with Gasteiger partial charge in [-0.1, -0.05) is 35.5 Å². The van der Waals surface area contributed by atoms with E-state index >= 15 is 0 Å². The van der Waals surface area contributed by atoms with Crippen molar-refractivity contribution >= 4 is 51.7 Å². The Bertz CT molecular complexity index is 1010. The van der Waals surface area contributed by atoms with Gasteiger partial charge in [0.15, 0.2) is 5.17 Å². The number of thioether (sulfide) groups is 1. The molecule has 0 radical (unpaired) electrons. The van der Waals surface area contributed by atoms with Gasteiger partial charge >= 0.3 is 0 Å². The maximum Gasteiger partial charge on any atom is 0.242 e. The zero-order valence-corrected chi connectivity index (χ0v) is 18.9. The minimum atomic E-state index is -0.529. The number of aliphatic imine (C=N–C) groups is 1. The first-order chi connectivity index (χ1) is 14.3. The van der Waals surface area contributed by atoms with Gasteiger partial charge in [0.1, 0.15) is 16.7 Å². The van der Waals surface area contributed by atoms with Crippen LogP contribution in [0.4, 0.5) is 11.4 Å². The second-order valence-corrected chi connectivity index (χ2v) is 8.51. The van der Waals surface area contributed by atoms with E-state index in [4.69, 9.17) is 16.3 Å². The maximum absolute atomic E-state index is 12.9. The average molecular weight is 446 g/mol. The van der Waals surface area contributed by atoms with E-state index in [0.717, 1.165) is 16.8 Å². The number of benzene rings is 2. The average Bonchev–Trinajstić information content (AvgIpc) is 2.99. The van der Waals surface area contributed by atoms with Crippen LogP contribution in [0.1, 0.15) is 24.5 Å². The summed E-state index contributed by atoms with van der Waals surface area (Å²) in [6, 6.07) is 10.9. The van der Waals surface area contributed by atoms with Crippen molar-refractivity contribution in [2.75, 3.05) is 19.0 Å². The van der Waals surface area contributed by atoms with Crippen LogP contribution in [0.25, 0.3) is 0 Å². The summed E-state index contributed by atoms with van der Waals surface area (Å²) in [4.78, 5) is 31.7. The molecule has 1 aliphatic rings. The van der Waals surface area contributed by atoms with Crippen LogP contribution in [0.3, 0.4) is 0 Å². The van der Waals surface area contributed by atoms with Gasteiger partial charge in [0.25, 0.3) is 0 Å². The van der Waals surface area contributed by atoms with Gasteiger partial charge in [0.2, 0.25) is 11.8 Å². The number of carbonyl (C=O) groups excluding carboxylic acids is 2. The number of nitrogens with one attached hydrogen (secondary N) is 1. The molecule has 0 saturated carbocycles. The number of amides is 2. The lowest BCUT2D eigenvalue weighted by Crippen LogP contribution is -2.33. The van der Waals surface area contributed by atoms with Gasteiger partial charge < -0.3 is 10.1 Å². The van der Waals surface area contributed by atoms with Gasteiger partial charge in [0, 0.05) is 23.7 Å². The summed E-state index contributed by atoms with van der Waals surface area (Å²) in [6.07, 6.45) is 0.0685. The fourth-order valence-electron chi connectivity index (χ4n) is 3.13. The molecule has 8 heteroatoms. The molecule has 1 aliphatic heterocycles. The third kappa shape index (κ3) is 4.79. The van der Waals surface area contributed by atoms with E-state index < -0.39 is 5.25 Å². The zero-order chi connectivity index (χ0) is 21.8. The number of halogens is 1. The van der Waals surface area contributed by atoms with Gasteiger partial charge in [-0.25, -0.2) is 4.99 Å². The number of amidine groups is 1. The fraction of sp³-hybridized carbons (Fsp3) is 0.318. The molecule has 158 valence electrons. The second kappa shape index (κ2) is 9.53. The summed E-state index contributed by atoms with van der Waals surface area (Å²) < 4.78 is 5.34. The van der Waals surface area contributed by atoms with Crippen molar-refractivity contribution in [3.05, 3.63) is 52.5 Å². The number of hydrogen-bond acceptors (Lipinski definition) is 5. The summed E-state index contributed by atoms with van der Waals surface area (Å²) in [5.74, 6) is 0.234. The third-order valence-electron chi connectivity index (χ3n) is 4.94. The Balaban J connectivity index is 1.78. The molecular formula is C22H24ClN3O3S. The molecule has 1 saturated heterocycles. The normalized spacial score (nSPS) is 17.5. The minimum Gasteiger partial charge on any atom is -0.494 e. The molecule has 6 nitrogen and oxygen atoms in total. The van der Waals surface area contributed by atoms with E-state index in [9.17, 15) is 9.59 Å². The van der Waals surface area contributed by atoms with E-state index in [-0.39, 0.29) is 18.2 Å². The highest BCUT2D eigenvalue weighted by Gasteiger charge is 2.38. The lowest BCUT2D eigenvalue weighted by molar-refractivity contribution is -0.128. The molecule has 2 aromatic rings. The number of carbonyl (C=O) groups is 2. The molecule has 0 unspecified atom stereocenters. The summed E-state index contributed by atoms with van der Waals surface area (Å²) in [7, 11) is 1.55. The van der Waals surface area contributed by atoms with Crippen molar-refractivity contribution in [2.45, 2.75) is 32.4 Å². The van der Waals surface area contributed by atoms with Crippen LogP contribution in [-0.4, -0.2) is 40.8 Å². The van der Waals surface area contributed by atoms with Crippen molar-refractivity contribution in [2.24, 2.45) is 4.99 Å². The van der Waals surface area contributed by atoms with Crippen LogP contribution in [0.5, 0.6) is 5.75 Å². The summed E-state index contributed by atoms with van der Waals surface area (Å²) in [5.41, 5.74) is 3.42. The molecule has 1 atom stereocenters. The highest BCUT2D eigenvalue weighted by molar-refractivity contribution is 8.15. The summed E-state index contributed by atoms with van der Waals surface area (Å²) >= 11 is 7.38. The molecule has 1 heterocycles. The van der Waals surface area contributed by atoms with Crippen LogP contribution < -0.4 is 10.1 Å². The van der Waals surface area contributed by atoms with Gasteiger partial charge in [0.05, 0.1) is 7.11 Å². The quantitative estimate of drug-likeness (QED) is 0.683. The smallest absolute Gasteiger partial charge is 0.242 e. The SMILES string of the molecule is CCN1C(=O)[C@@H](CC(=O)Nc2cccc(C)c2C)SC1=Nc1cc(Cl)ccc1OC. The van der Waals surface area contributed by atoms with E-state index in [2.05, 4.69) is 10.3 Å². The van der Waals surface area contributed by atoms with Crippen molar-refractivity contribution in [3.8, 4) is 5.75 Å². The number of methoxy groups -OCH3 is 1. The molecule has 0 bridgehead atoms. The molecule has 0 spiro atoms. The summed E-state index contributed by atoms with van der Waals surface area (Å²) in [6.45, 7) is 6.29. The molecular weight excluding hydrogens is 422 g/mol. The Morgan fingerprint density at radius 3 is 2.77 bits per heavy atom. The predicted molar refractivity (Wildman–Crippen MR) is 123 cm³/mol. The standard InChI is InChI=1S/C22H24ClN3O3S/c1-5-26-21(28)19(12-20(27)24-16-8-6-7-13(2)14(16)3)30-22(26)25-17-11-15(23)9-10-18(17)29-4/h6-11,19H,5,12H2,1-4H3,(H,24,27)/t19-/m1/s1. The number of nitrogens with zero attached hydrogens (tertiary/aromatic N) is 2. The molecule has 0 aromatic heterocycles. The molecule has 2 aromatic carbocycles. The number of ether oxygens (including phenoxy) is 1. The van der Waals surface area contributed by atoms with E-state index in [1.165, 1.54) is 11.8 Å². The lowest BCUT2D eigenvalue weighted by atomic mass is 10.1. The van der Waals surface area contributed by atoms with E-state index in [1.54, 1.807) is 30.2 Å². The van der Waals surface area contributed by atoms with Crippen molar-refractivity contribution < 1.29 is 14.3 Å². The van der Waals surface area contributed by atoms with E-state index in [1.807, 2.05) is 39.0 Å². The van der Waals surface area contributed by atoms with E-state index in [0.29, 0.717) is 28.2 Å². The summed E-state index contributed by atoms with van der Waals surface area (Å²) in [5, 5.41) is 3.45. The van der Waals surface area contributed by atoms with Crippen LogP contribution in [0, 0.1) is 13.8 Å². The first-order valence-electron chi connectivity index (χ1n) is 9.60. The Hall–Kier alpha value is -2.51. The topological polar surface area (TPSA) is 71.0 Å². The first kappa shape index (κ1) is 22.2. The monoisotopic (exact) mass is 445 g/mol. The molecule has 0 aliphatic carbocycles. The minimum absolute atomic E-state index is 0.0685. The van der Waals surface area contributed by atoms with Crippen molar-refractivity contribution in [1.82, 2.24) is 4.90 Å². The van der Waals surface area contributed by atoms with Crippen molar-refractivity contribution in [3.63, 3.8) is 0 Å². The molecule has 1 fully saturated rings. The fourth-order valence-corrected chi connectivity index (χ4v) is 4.51. The number of aryl methyl sites for hydroxylation is 1. The Kier molecular flexibility index (Phi) is 7.05. The number of hydrogen-bond donors (Lipinski definition) is 1. The molecule has 1 N–H and O–H groups in total. The molecule has 30 heavy (non-hydrogen) atoms. The Morgan fingerprint density at radius 1 is 1.30 bits per heavy atom. The third-order valence-corrected chi connectivity index (χ3v) is 6.35. The predicted octanol–water partition coefficient (Wildman–Crippen LogP) is 4.95. The van der Waals surface area contributed by atoms with Crippen LogP contribution >= 0.6 is 23.4 Å². The number of anilines is 1. The Morgan fingerprint density at radius 2 is 2.07 bits per heavy atom. The van der Waals surface area contributed by atoms with Crippen LogP contribution in [0.15, 0.2) is 41.4 Å². The highest BCUT2D eigenvalue weighted by Crippen LogP contribution is 2.36. The Labute approximate surface area is 185 Å². The van der Waals surface area contributed by atoms with Gasteiger partial charge in [-0.05, 0) is 56.2 Å². The van der Waals surface area contributed by atoms with Gasteiger partial charge in [-0.15, -0.1) is 0 Å². The highest BCUT2D eigenvalue weighted by atomic mass is 35.5. The van der Waals surface area contributed by atoms with Gasteiger partial charge in [-0.3, -0.25) is 14.5 Å². The van der Waals surface area contributed by atoms with Crippen molar-refractivity contribution in [1.29, 1.82) is 0 Å². The molecule has 2 amide bonds. The van der Waals surface area contributed by atoms with Gasteiger partial charge in [-0.2, -0.15) is 0 Å². The largest absolute Gasteiger partial charge is 0.494 e.